The Balaban J connectivity index is 1.19. The summed E-state index contributed by atoms with van der Waals surface area (Å²) in [5.74, 6) is 0.372. The van der Waals surface area contributed by atoms with Crippen LogP contribution in [-0.4, -0.2) is 75.6 Å². The molecule has 0 aromatic carbocycles. The summed E-state index contributed by atoms with van der Waals surface area (Å²) < 4.78 is 7.50. The fraction of sp³-hybridized carbons (Fsp3) is 0.800. The smallest absolute Gasteiger partial charge is 0.273 e. The zero-order valence-corrected chi connectivity index (χ0v) is 17.4. The van der Waals surface area contributed by atoms with Crippen molar-refractivity contribution in [3.8, 4) is 0 Å². The molecule has 3 heterocycles. The van der Waals surface area contributed by atoms with Crippen LogP contribution in [-0.2, 0) is 16.1 Å². The van der Waals surface area contributed by atoms with Gasteiger partial charge in [-0.1, -0.05) is 5.21 Å². The zero-order chi connectivity index (χ0) is 20.4. The fourth-order valence-electron chi connectivity index (χ4n) is 4.08. The van der Waals surface area contributed by atoms with Gasteiger partial charge in [0.15, 0.2) is 5.69 Å². The molecular formula is C20H32N6O3. The standard InChI is InChI=1S/C20H32N6O3/c1-20(2,22-18(27)16-11-26(24-23-16)10-14-5-6-14)7-8-21-19(28)17-12-25-9-3-4-15(25)13-29-17/h11,14-15,17H,3-10,12-13H2,1-2H3,(H,21,28)(H,22,27)/t15-,17+/m0/s1. The monoisotopic (exact) mass is 404 g/mol. The summed E-state index contributed by atoms with van der Waals surface area (Å²) >= 11 is 0. The number of hydrogen-bond acceptors (Lipinski definition) is 6. The predicted octanol–water partition coefficient (Wildman–Crippen LogP) is 0.566. The van der Waals surface area contributed by atoms with Crippen LogP contribution in [0.25, 0.3) is 0 Å². The van der Waals surface area contributed by atoms with Crippen molar-refractivity contribution in [2.24, 2.45) is 5.92 Å². The van der Waals surface area contributed by atoms with Gasteiger partial charge in [-0.05, 0) is 58.4 Å². The molecule has 9 nitrogen and oxygen atoms in total. The van der Waals surface area contributed by atoms with E-state index in [2.05, 4.69) is 25.8 Å². The van der Waals surface area contributed by atoms with E-state index in [-0.39, 0.29) is 11.8 Å². The average Bonchev–Trinajstić information content (AvgIpc) is 3.16. The highest BCUT2D eigenvalue weighted by molar-refractivity contribution is 5.92. The summed E-state index contributed by atoms with van der Waals surface area (Å²) in [6, 6.07) is 0.482. The van der Waals surface area contributed by atoms with Crippen molar-refractivity contribution in [1.82, 2.24) is 30.5 Å². The Hall–Kier alpha value is -2.00. The molecule has 29 heavy (non-hydrogen) atoms. The van der Waals surface area contributed by atoms with Crippen LogP contribution in [0.3, 0.4) is 0 Å². The molecule has 2 aliphatic heterocycles. The van der Waals surface area contributed by atoms with Gasteiger partial charge in [0.05, 0.1) is 12.8 Å². The number of hydrogen-bond donors (Lipinski definition) is 2. The summed E-state index contributed by atoms with van der Waals surface area (Å²) in [7, 11) is 0. The molecule has 1 aliphatic carbocycles. The van der Waals surface area contributed by atoms with E-state index in [0.29, 0.717) is 43.8 Å². The lowest BCUT2D eigenvalue weighted by Crippen LogP contribution is -2.53. The molecule has 0 spiro atoms. The van der Waals surface area contributed by atoms with Crippen molar-refractivity contribution in [2.45, 2.75) is 70.2 Å². The highest BCUT2D eigenvalue weighted by atomic mass is 16.5. The largest absolute Gasteiger partial charge is 0.365 e. The molecule has 0 bridgehead atoms. The normalized spacial score (nSPS) is 24.9. The molecule has 1 saturated carbocycles. The molecule has 1 aromatic rings. The molecule has 160 valence electrons. The molecule has 3 aliphatic rings. The van der Waals surface area contributed by atoms with Crippen LogP contribution in [0.2, 0.25) is 0 Å². The van der Waals surface area contributed by atoms with Gasteiger partial charge in [0.2, 0.25) is 5.91 Å². The molecule has 2 atom stereocenters. The summed E-state index contributed by atoms with van der Waals surface area (Å²) in [6.07, 6.45) is 6.72. The Kier molecular flexibility index (Phi) is 5.87. The van der Waals surface area contributed by atoms with Crippen LogP contribution in [0.5, 0.6) is 0 Å². The minimum absolute atomic E-state index is 0.0690. The summed E-state index contributed by atoms with van der Waals surface area (Å²) in [4.78, 5) is 27.3. The van der Waals surface area contributed by atoms with Gasteiger partial charge in [0.25, 0.3) is 5.91 Å². The third kappa shape index (κ3) is 5.33. The first-order chi connectivity index (χ1) is 13.9. The molecular weight excluding hydrogens is 372 g/mol. The van der Waals surface area contributed by atoms with E-state index < -0.39 is 11.6 Å². The lowest BCUT2D eigenvalue weighted by Gasteiger charge is -2.34. The van der Waals surface area contributed by atoms with Crippen LogP contribution < -0.4 is 10.6 Å². The van der Waals surface area contributed by atoms with E-state index in [0.717, 1.165) is 19.5 Å². The first-order valence-corrected chi connectivity index (χ1v) is 10.8. The number of rotatable bonds is 8. The topological polar surface area (TPSA) is 101 Å². The number of fused-ring (bicyclic) bond motifs is 1. The number of morpholine rings is 1. The number of carbonyl (C=O) groups excluding carboxylic acids is 2. The van der Waals surface area contributed by atoms with Gasteiger partial charge < -0.3 is 15.4 Å². The third-order valence-electron chi connectivity index (χ3n) is 6.10. The van der Waals surface area contributed by atoms with Gasteiger partial charge in [0, 0.05) is 31.2 Å². The van der Waals surface area contributed by atoms with Gasteiger partial charge in [-0.15, -0.1) is 5.10 Å². The number of carbonyl (C=O) groups is 2. The molecule has 0 unspecified atom stereocenters. The van der Waals surface area contributed by atoms with Gasteiger partial charge in [-0.25, -0.2) is 0 Å². The van der Waals surface area contributed by atoms with Crippen molar-refractivity contribution < 1.29 is 14.3 Å². The van der Waals surface area contributed by atoms with E-state index in [1.54, 1.807) is 10.9 Å². The second-order valence-corrected chi connectivity index (χ2v) is 9.26. The maximum Gasteiger partial charge on any atom is 0.273 e. The van der Waals surface area contributed by atoms with E-state index in [9.17, 15) is 9.59 Å². The number of ether oxygens (including phenoxy) is 1. The van der Waals surface area contributed by atoms with Crippen molar-refractivity contribution in [3.05, 3.63) is 11.9 Å². The number of nitrogens with zero attached hydrogens (tertiary/aromatic N) is 4. The molecule has 2 amide bonds. The maximum absolute atomic E-state index is 12.5. The molecule has 4 rings (SSSR count). The van der Waals surface area contributed by atoms with Crippen LogP contribution >= 0.6 is 0 Å². The quantitative estimate of drug-likeness (QED) is 0.657. The van der Waals surface area contributed by atoms with E-state index in [1.165, 1.54) is 19.3 Å². The Morgan fingerprint density at radius 1 is 1.31 bits per heavy atom. The minimum Gasteiger partial charge on any atom is -0.365 e. The minimum atomic E-state index is -0.474. The van der Waals surface area contributed by atoms with Crippen LogP contribution in [0.4, 0.5) is 0 Å². The Labute approximate surface area is 171 Å². The Bertz CT molecular complexity index is 744. The Morgan fingerprint density at radius 2 is 2.14 bits per heavy atom. The van der Waals surface area contributed by atoms with Crippen LogP contribution in [0.15, 0.2) is 6.20 Å². The second kappa shape index (κ2) is 8.39. The molecule has 3 fully saturated rings. The van der Waals surface area contributed by atoms with Gasteiger partial charge in [0.1, 0.15) is 6.10 Å². The summed E-state index contributed by atoms with van der Waals surface area (Å²) in [6.45, 7) is 7.56. The molecule has 1 aromatic heterocycles. The van der Waals surface area contributed by atoms with E-state index in [4.69, 9.17) is 4.74 Å². The van der Waals surface area contributed by atoms with Gasteiger partial charge in [-0.3, -0.25) is 19.2 Å². The van der Waals surface area contributed by atoms with Crippen LogP contribution in [0, 0.1) is 5.92 Å². The second-order valence-electron chi connectivity index (χ2n) is 9.26. The molecule has 2 saturated heterocycles. The summed E-state index contributed by atoms with van der Waals surface area (Å²) in [5.41, 5.74) is -0.142. The lowest BCUT2D eigenvalue weighted by molar-refractivity contribution is -0.140. The zero-order valence-electron chi connectivity index (χ0n) is 17.4. The molecule has 0 radical (unpaired) electrons. The lowest BCUT2D eigenvalue weighted by atomic mass is 10.0. The summed E-state index contributed by atoms with van der Waals surface area (Å²) in [5, 5.41) is 14.0. The van der Waals surface area contributed by atoms with E-state index >= 15 is 0 Å². The van der Waals surface area contributed by atoms with Crippen molar-refractivity contribution in [2.75, 3.05) is 26.2 Å². The predicted molar refractivity (Wildman–Crippen MR) is 106 cm³/mol. The first-order valence-electron chi connectivity index (χ1n) is 10.8. The van der Waals surface area contributed by atoms with Gasteiger partial charge in [-0.2, -0.15) is 0 Å². The number of aromatic nitrogens is 3. The first kappa shape index (κ1) is 20.3. The maximum atomic E-state index is 12.5. The van der Waals surface area contributed by atoms with Crippen LogP contribution in [0.1, 0.15) is 56.4 Å². The average molecular weight is 405 g/mol. The fourth-order valence-corrected chi connectivity index (χ4v) is 4.08. The molecule has 9 heteroatoms. The van der Waals surface area contributed by atoms with Crippen molar-refractivity contribution in [3.63, 3.8) is 0 Å². The van der Waals surface area contributed by atoms with Crippen molar-refractivity contribution >= 4 is 11.8 Å². The number of amides is 2. The third-order valence-corrected chi connectivity index (χ3v) is 6.10. The van der Waals surface area contributed by atoms with Crippen molar-refractivity contribution in [1.29, 1.82) is 0 Å². The van der Waals surface area contributed by atoms with E-state index in [1.807, 2.05) is 13.8 Å². The Morgan fingerprint density at radius 3 is 2.93 bits per heavy atom. The highest BCUT2D eigenvalue weighted by Gasteiger charge is 2.35. The SMILES string of the molecule is CC(C)(CCNC(=O)[C@H]1CN2CCC[C@H]2CO1)NC(=O)c1cn(CC2CC2)nn1. The van der Waals surface area contributed by atoms with Gasteiger partial charge >= 0.3 is 0 Å². The molecule has 2 N–H and O–H groups in total. The number of nitrogens with one attached hydrogen (secondary N) is 2. The highest BCUT2D eigenvalue weighted by Crippen LogP contribution is 2.30.